The van der Waals surface area contributed by atoms with Gasteiger partial charge in [0.15, 0.2) is 12.5 Å². The summed E-state index contributed by atoms with van der Waals surface area (Å²) >= 11 is 0. The Labute approximate surface area is 175 Å². The number of carbonyl (C=O) groups excluding carboxylic acids is 1. The van der Waals surface area contributed by atoms with Crippen LogP contribution in [-0.4, -0.2) is 35.5 Å². The highest BCUT2D eigenvalue weighted by Gasteiger charge is 2.28. The maximum atomic E-state index is 13.4. The molecule has 0 saturated carbocycles. The first-order chi connectivity index (χ1) is 14.6. The second-order valence-corrected chi connectivity index (χ2v) is 7.75. The van der Waals surface area contributed by atoms with Crippen LogP contribution in [0.1, 0.15) is 41.5 Å². The Bertz CT molecular complexity index is 1000. The molecule has 0 aliphatic carbocycles. The lowest BCUT2D eigenvalue weighted by molar-refractivity contribution is -0.134. The van der Waals surface area contributed by atoms with Gasteiger partial charge in [0.25, 0.3) is 5.91 Å². The number of halogens is 1. The number of rotatable bonds is 6. The van der Waals surface area contributed by atoms with E-state index in [1.165, 1.54) is 12.1 Å². The van der Waals surface area contributed by atoms with Gasteiger partial charge in [-0.2, -0.15) is 0 Å². The summed E-state index contributed by atoms with van der Waals surface area (Å²) in [5.41, 5.74) is 1.99. The van der Waals surface area contributed by atoms with Crippen molar-refractivity contribution >= 4 is 5.91 Å². The fourth-order valence-electron chi connectivity index (χ4n) is 3.72. The van der Waals surface area contributed by atoms with Crippen molar-refractivity contribution in [3.05, 3.63) is 83.3 Å². The molecule has 1 saturated heterocycles. The Morgan fingerprint density at radius 3 is 2.90 bits per heavy atom. The van der Waals surface area contributed by atoms with Crippen LogP contribution in [0.4, 0.5) is 4.39 Å². The molecule has 3 aromatic rings. The summed E-state index contributed by atoms with van der Waals surface area (Å²) in [6.45, 7) is 3.31. The maximum absolute atomic E-state index is 13.4. The van der Waals surface area contributed by atoms with Crippen molar-refractivity contribution in [1.29, 1.82) is 0 Å². The topological polar surface area (TPSA) is 55.6 Å². The van der Waals surface area contributed by atoms with Gasteiger partial charge in [0.1, 0.15) is 17.3 Å². The molecule has 2 heterocycles. The van der Waals surface area contributed by atoms with Crippen LogP contribution < -0.4 is 4.74 Å². The van der Waals surface area contributed by atoms with Crippen molar-refractivity contribution in [2.75, 3.05) is 19.7 Å². The zero-order chi connectivity index (χ0) is 20.9. The summed E-state index contributed by atoms with van der Waals surface area (Å²) in [6, 6.07) is 14.1. The molecular weight excluding hydrogens is 383 g/mol. The first-order valence-electron chi connectivity index (χ1n) is 10.2. The van der Waals surface area contributed by atoms with Crippen LogP contribution in [-0.2, 0) is 11.2 Å². The minimum Gasteiger partial charge on any atom is -0.484 e. The van der Waals surface area contributed by atoms with Gasteiger partial charge in [0.2, 0.25) is 0 Å². The molecule has 0 N–H and O–H groups in total. The number of carbonyl (C=O) groups is 1. The van der Waals surface area contributed by atoms with Gasteiger partial charge in [-0.15, -0.1) is 0 Å². The minimum atomic E-state index is -0.262. The standard InChI is InChI=1S/C24H25FN2O3/c1-17-7-9-21(10-8-17)29-16-23(28)27-11-3-5-19(15-27)24-26-14-22(30-24)13-18-4-2-6-20(25)12-18/h2,4,6-10,12,14,19H,3,5,11,13,15-16H2,1H3. The minimum absolute atomic E-state index is 0.0200. The number of likely N-dealkylation sites (tertiary alicyclic amines) is 1. The molecule has 6 heteroatoms. The molecule has 1 unspecified atom stereocenters. The van der Waals surface area contributed by atoms with Crippen molar-refractivity contribution in [3.8, 4) is 5.75 Å². The van der Waals surface area contributed by atoms with Crippen LogP contribution in [0.2, 0.25) is 0 Å². The van der Waals surface area contributed by atoms with Crippen LogP contribution in [0.3, 0.4) is 0 Å². The van der Waals surface area contributed by atoms with E-state index in [-0.39, 0.29) is 24.2 Å². The normalized spacial score (nSPS) is 16.5. The van der Waals surface area contributed by atoms with E-state index >= 15 is 0 Å². The summed E-state index contributed by atoms with van der Waals surface area (Å²) in [4.78, 5) is 18.9. The van der Waals surface area contributed by atoms with E-state index in [1.807, 2.05) is 42.2 Å². The quantitative estimate of drug-likeness (QED) is 0.603. The summed E-state index contributed by atoms with van der Waals surface area (Å²) < 4.78 is 24.9. The maximum Gasteiger partial charge on any atom is 0.260 e. The molecular formula is C24H25FN2O3. The highest BCUT2D eigenvalue weighted by molar-refractivity contribution is 5.78. The predicted octanol–water partition coefficient (Wildman–Crippen LogP) is 4.50. The largest absolute Gasteiger partial charge is 0.484 e. The smallest absolute Gasteiger partial charge is 0.260 e. The highest BCUT2D eigenvalue weighted by Crippen LogP contribution is 2.27. The van der Waals surface area contributed by atoms with Crippen LogP contribution in [0.15, 0.2) is 59.1 Å². The van der Waals surface area contributed by atoms with E-state index in [1.54, 1.807) is 12.3 Å². The lowest BCUT2D eigenvalue weighted by atomic mass is 9.98. The molecule has 1 aromatic heterocycles. The number of hydrogen-bond donors (Lipinski definition) is 0. The molecule has 1 atom stereocenters. The number of ether oxygens (including phenoxy) is 1. The number of piperidine rings is 1. The SMILES string of the molecule is Cc1ccc(OCC(=O)N2CCCC(c3ncc(Cc4cccc(F)c4)o3)C2)cc1. The monoisotopic (exact) mass is 408 g/mol. The van der Waals surface area contributed by atoms with E-state index in [9.17, 15) is 9.18 Å². The van der Waals surface area contributed by atoms with Crippen molar-refractivity contribution in [2.24, 2.45) is 0 Å². The van der Waals surface area contributed by atoms with Crippen molar-refractivity contribution in [2.45, 2.75) is 32.1 Å². The first-order valence-corrected chi connectivity index (χ1v) is 10.2. The summed E-state index contributed by atoms with van der Waals surface area (Å²) in [5.74, 6) is 1.79. The number of aryl methyl sites for hydroxylation is 1. The fraction of sp³-hybridized carbons (Fsp3) is 0.333. The van der Waals surface area contributed by atoms with Crippen molar-refractivity contribution < 1.29 is 18.3 Å². The number of hydrogen-bond acceptors (Lipinski definition) is 4. The number of benzene rings is 2. The second kappa shape index (κ2) is 9.11. The highest BCUT2D eigenvalue weighted by atomic mass is 19.1. The number of amides is 1. The van der Waals surface area contributed by atoms with Gasteiger partial charge in [0.05, 0.1) is 12.1 Å². The van der Waals surface area contributed by atoms with E-state index < -0.39 is 0 Å². The van der Waals surface area contributed by atoms with Crippen molar-refractivity contribution in [3.63, 3.8) is 0 Å². The average Bonchev–Trinajstić information content (AvgIpc) is 3.22. The molecule has 4 rings (SSSR count). The van der Waals surface area contributed by atoms with Gasteiger partial charge in [-0.3, -0.25) is 4.79 Å². The Kier molecular flexibility index (Phi) is 6.12. The molecule has 1 aliphatic heterocycles. The molecule has 1 amide bonds. The van der Waals surface area contributed by atoms with E-state index in [0.717, 1.165) is 24.0 Å². The summed E-state index contributed by atoms with van der Waals surface area (Å²) in [5, 5.41) is 0. The number of nitrogens with zero attached hydrogens (tertiary/aromatic N) is 2. The molecule has 156 valence electrons. The van der Waals surface area contributed by atoms with Gasteiger partial charge < -0.3 is 14.1 Å². The van der Waals surface area contributed by atoms with Crippen LogP contribution in [0.25, 0.3) is 0 Å². The molecule has 0 radical (unpaired) electrons. The van der Waals surface area contributed by atoms with Gasteiger partial charge in [0, 0.05) is 19.5 Å². The molecule has 1 fully saturated rings. The van der Waals surface area contributed by atoms with Gasteiger partial charge >= 0.3 is 0 Å². The molecule has 5 nitrogen and oxygen atoms in total. The third-order valence-corrected chi connectivity index (χ3v) is 5.35. The third-order valence-electron chi connectivity index (χ3n) is 5.35. The Morgan fingerprint density at radius 2 is 2.10 bits per heavy atom. The molecule has 0 bridgehead atoms. The lowest BCUT2D eigenvalue weighted by Crippen LogP contribution is -2.41. The fourth-order valence-corrected chi connectivity index (χ4v) is 3.72. The van der Waals surface area contributed by atoms with E-state index in [0.29, 0.717) is 36.9 Å². The zero-order valence-electron chi connectivity index (χ0n) is 17.0. The molecule has 2 aromatic carbocycles. The lowest BCUT2D eigenvalue weighted by Gasteiger charge is -2.31. The second-order valence-electron chi connectivity index (χ2n) is 7.75. The molecule has 0 spiro atoms. The van der Waals surface area contributed by atoms with Gasteiger partial charge in [-0.1, -0.05) is 29.8 Å². The summed E-state index contributed by atoms with van der Waals surface area (Å²) in [7, 11) is 0. The zero-order valence-corrected chi connectivity index (χ0v) is 17.0. The molecule has 30 heavy (non-hydrogen) atoms. The average molecular weight is 408 g/mol. The Hall–Kier alpha value is -3.15. The third kappa shape index (κ3) is 5.06. The number of aromatic nitrogens is 1. The Morgan fingerprint density at radius 1 is 1.27 bits per heavy atom. The van der Waals surface area contributed by atoms with E-state index in [2.05, 4.69) is 4.98 Å². The predicted molar refractivity (Wildman–Crippen MR) is 111 cm³/mol. The van der Waals surface area contributed by atoms with Crippen molar-refractivity contribution in [1.82, 2.24) is 9.88 Å². The van der Waals surface area contributed by atoms with Crippen LogP contribution >= 0.6 is 0 Å². The molecule has 1 aliphatic rings. The number of oxazole rings is 1. The van der Waals surface area contributed by atoms with Crippen LogP contribution in [0.5, 0.6) is 5.75 Å². The van der Waals surface area contributed by atoms with Gasteiger partial charge in [-0.05, 0) is 49.6 Å². The van der Waals surface area contributed by atoms with Gasteiger partial charge in [-0.25, -0.2) is 9.37 Å². The van der Waals surface area contributed by atoms with Crippen LogP contribution in [0, 0.1) is 12.7 Å². The summed E-state index contributed by atoms with van der Waals surface area (Å²) in [6.07, 6.45) is 4.00. The van der Waals surface area contributed by atoms with E-state index in [4.69, 9.17) is 9.15 Å². The first kappa shape index (κ1) is 20.1. The Balaban J connectivity index is 1.33.